The molecular formula is C28H41ClF16N4O4. The van der Waals surface area contributed by atoms with Crippen molar-refractivity contribution in [2.24, 2.45) is 0 Å². The van der Waals surface area contributed by atoms with Gasteiger partial charge in [0, 0.05) is 59.4 Å². The maximum absolute atomic E-state index is 13.8. The normalized spacial score (nSPS) is 17.2. The van der Waals surface area contributed by atoms with E-state index >= 15 is 0 Å². The minimum absolute atomic E-state index is 0.166. The molecule has 0 spiro atoms. The SMILES string of the molecule is CN(CCN1CCOCC1)C(=O)C(F)(F)CC(F)(F)C(F)(F)CC(F)F.CNCCN1CCOCC1.O=C(Cl)C(F)(F)CC(F)(F)C(F)(F)CC(F)F. The number of ether oxygens (including phenoxy) is 2. The average Bonchev–Trinajstić information content (AvgIpc) is 3.01. The molecule has 0 saturated carbocycles. The largest absolute Gasteiger partial charge is 0.379 e. The highest BCUT2D eigenvalue weighted by Crippen LogP contribution is 2.46. The first-order chi connectivity index (χ1) is 24.0. The molecule has 0 aromatic rings. The summed E-state index contributed by atoms with van der Waals surface area (Å²) in [5.41, 5.74) is 0. The van der Waals surface area contributed by atoms with Crippen LogP contribution in [0.1, 0.15) is 25.7 Å². The Bertz CT molecular complexity index is 1080. The number of hydrogen-bond acceptors (Lipinski definition) is 7. The topological polar surface area (TPSA) is 74.3 Å². The molecule has 0 unspecified atom stereocenters. The van der Waals surface area contributed by atoms with Gasteiger partial charge in [-0.25, -0.2) is 17.6 Å². The van der Waals surface area contributed by atoms with Gasteiger partial charge in [0.15, 0.2) is 0 Å². The molecule has 2 fully saturated rings. The van der Waals surface area contributed by atoms with Crippen LogP contribution in [0.5, 0.6) is 0 Å². The first kappa shape index (κ1) is 51.1. The van der Waals surface area contributed by atoms with E-state index in [2.05, 4.69) is 21.8 Å². The molecule has 53 heavy (non-hydrogen) atoms. The van der Waals surface area contributed by atoms with Gasteiger partial charge in [-0.15, -0.1) is 0 Å². The van der Waals surface area contributed by atoms with E-state index in [0.717, 1.165) is 46.4 Å². The Morgan fingerprint density at radius 3 is 1.36 bits per heavy atom. The molecule has 1 amide bonds. The lowest BCUT2D eigenvalue weighted by Gasteiger charge is -2.32. The Kier molecular flexibility index (Phi) is 21.2. The van der Waals surface area contributed by atoms with Crippen LogP contribution in [0, 0.1) is 0 Å². The molecule has 2 rings (SSSR count). The van der Waals surface area contributed by atoms with Gasteiger partial charge in [-0.1, -0.05) is 0 Å². The lowest BCUT2D eigenvalue weighted by atomic mass is 10.0. The summed E-state index contributed by atoms with van der Waals surface area (Å²) < 4.78 is 213. The molecule has 0 aromatic carbocycles. The summed E-state index contributed by atoms with van der Waals surface area (Å²) in [4.78, 5) is 26.3. The van der Waals surface area contributed by atoms with Crippen molar-refractivity contribution in [2.45, 2.75) is 74.1 Å². The summed E-state index contributed by atoms with van der Waals surface area (Å²) in [6.07, 6.45) is -18.6. The van der Waals surface area contributed by atoms with Gasteiger partial charge in [0.25, 0.3) is 11.1 Å². The molecule has 2 saturated heterocycles. The van der Waals surface area contributed by atoms with Gasteiger partial charge in [0.05, 0.1) is 52.1 Å². The number of carbonyl (C=O) groups excluding carboxylic acids is 2. The van der Waals surface area contributed by atoms with Gasteiger partial charge < -0.3 is 19.7 Å². The van der Waals surface area contributed by atoms with E-state index in [4.69, 9.17) is 9.47 Å². The van der Waals surface area contributed by atoms with Gasteiger partial charge in [0.1, 0.15) is 0 Å². The summed E-state index contributed by atoms with van der Waals surface area (Å²) in [7, 11) is 2.91. The summed E-state index contributed by atoms with van der Waals surface area (Å²) >= 11 is 4.22. The lowest BCUT2D eigenvalue weighted by Crippen LogP contribution is -2.52. The highest BCUT2D eigenvalue weighted by molar-refractivity contribution is 6.65. The Morgan fingerprint density at radius 2 is 1.02 bits per heavy atom. The van der Waals surface area contributed by atoms with Crippen LogP contribution in [0.3, 0.4) is 0 Å². The number of alkyl halides is 16. The van der Waals surface area contributed by atoms with Gasteiger partial charge in [-0.3, -0.25) is 19.4 Å². The zero-order valence-corrected chi connectivity index (χ0v) is 29.1. The first-order valence-corrected chi connectivity index (χ1v) is 15.9. The van der Waals surface area contributed by atoms with Gasteiger partial charge in [-0.05, 0) is 18.6 Å². The third-order valence-electron chi connectivity index (χ3n) is 7.36. The standard InChI is InChI=1S/C14H20F8N2O2.C7H5ClF8O.C7H16N2O/c1-23(2-3-24-4-6-26-7-5-24)11(25)12(17,18)9-14(21,22)13(19,20)8-10(15)16;8-4(17)5(11,12)2-7(15,16)6(13,14)1-3(9)10;1-8-2-3-9-4-6-10-7-5-9/h10H,2-9H2,1H3;3H,1-2H2;8H,2-7H2,1H3. The highest BCUT2D eigenvalue weighted by atomic mass is 35.5. The Labute approximate surface area is 299 Å². The van der Waals surface area contributed by atoms with E-state index in [1.807, 2.05) is 7.05 Å². The third kappa shape index (κ3) is 18.5. The van der Waals surface area contributed by atoms with Gasteiger partial charge in [-0.2, -0.15) is 52.7 Å². The van der Waals surface area contributed by atoms with Crippen LogP contribution in [0.25, 0.3) is 0 Å². The van der Waals surface area contributed by atoms with Crippen molar-refractivity contribution in [1.29, 1.82) is 0 Å². The number of rotatable bonds is 18. The zero-order valence-electron chi connectivity index (χ0n) is 28.4. The molecule has 0 bridgehead atoms. The van der Waals surface area contributed by atoms with E-state index in [1.165, 1.54) is 0 Å². The van der Waals surface area contributed by atoms with E-state index in [-0.39, 0.29) is 13.1 Å². The summed E-state index contributed by atoms with van der Waals surface area (Å²) in [5.74, 6) is -33.5. The van der Waals surface area contributed by atoms with Crippen molar-refractivity contribution in [3.63, 3.8) is 0 Å². The van der Waals surface area contributed by atoms with Gasteiger partial charge in [0.2, 0.25) is 12.9 Å². The number of halogens is 17. The van der Waals surface area contributed by atoms with Crippen molar-refractivity contribution in [1.82, 2.24) is 20.0 Å². The number of carbonyl (C=O) groups is 2. The summed E-state index contributed by atoms with van der Waals surface area (Å²) in [5, 5.41) is 0.568. The summed E-state index contributed by atoms with van der Waals surface area (Å²) in [6.45, 7) is 7.99. The predicted octanol–water partition coefficient (Wildman–Crippen LogP) is 5.97. The van der Waals surface area contributed by atoms with Crippen molar-refractivity contribution in [3.8, 4) is 0 Å². The van der Waals surface area contributed by atoms with E-state index in [1.54, 1.807) is 4.90 Å². The number of morpholine rings is 2. The predicted molar refractivity (Wildman–Crippen MR) is 157 cm³/mol. The molecule has 0 aromatic heterocycles. The maximum Gasteiger partial charge on any atom is 0.330 e. The van der Waals surface area contributed by atoms with Crippen molar-refractivity contribution < 1.29 is 89.3 Å². The van der Waals surface area contributed by atoms with Crippen LogP contribution in [0.15, 0.2) is 0 Å². The molecule has 1 N–H and O–H groups in total. The van der Waals surface area contributed by atoms with Gasteiger partial charge >= 0.3 is 35.5 Å². The maximum atomic E-state index is 13.8. The third-order valence-corrected chi connectivity index (χ3v) is 7.64. The number of nitrogens with one attached hydrogen (secondary N) is 1. The number of amides is 1. The molecule has 0 atom stereocenters. The number of hydrogen-bond donors (Lipinski definition) is 1. The smallest absolute Gasteiger partial charge is 0.330 e. The van der Waals surface area contributed by atoms with Crippen molar-refractivity contribution in [2.75, 3.05) is 92.9 Å². The Balaban J connectivity index is 0.000000853. The van der Waals surface area contributed by atoms with E-state index in [9.17, 15) is 79.8 Å². The first-order valence-electron chi connectivity index (χ1n) is 15.6. The second kappa shape index (κ2) is 22.0. The fourth-order valence-electron chi connectivity index (χ4n) is 4.24. The van der Waals surface area contributed by atoms with Crippen LogP contribution >= 0.6 is 11.6 Å². The molecule has 2 aliphatic heterocycles. The quantitative estimate of drug-likeness (QED) is 0.135. The fourth-order valence-corrected chi connectivity index (χ4v) is 4.31. The minimum Gasteiger partial charge on any atom is -0.379 e. The Morgan fingerprint density at radius 1 is 0.660 bits per heavy atom. The monoisotopic (exact) mass is 836 g/mol. The number of likely N-dealkylation sites (N-methyl/N-ethyl adjacent to an activating group) is 2. The van der Waals surface area contributed by atoms with Crippen LogP contribution < -0.4 is 5.32 Å². The lowest BCUT2D eigenvalue weighted by molar-refractivity contribution is -0.249. The molecule has 25 heteroatoms. The van der Waals surface area contributed by atoms with Crippen molar-refractivity contribution in [3.05, 3.63) is 0 Å². The molecule has 8 nitrogen and oxygen atoms in total. The second-order valence-corrected chi connectivity index (χ2v) is 12.1. The molecule has 2 heterocycles. The Hall–Kier alpha value is -1.89. The van der Waals surface area contributed by atoms with E-state index in [0.29, 0.717) is 31.2 Å². The average molecular weight is 837 g/mol. The molecule has 0 radical (unpaired) electrons. The summed E-state index contributed by atoms with van der Waals surface area (Å²) in [6, 6.07) is 0. The van der Waals surface area contributed by atoms with Crippen LogP contribution in [-0.4, -0.2) is 167 Å². The number of nitrogens with zero attached hydrogens (tertiary/aromatic N) is 3. The zero-order chi connectivity index (χ0) is 41.5. The van der Waals surface area contributed by atoms with Crippen LogP contribution in [0.4, 0.5) is 70.2 Å². The van der Waals surface area contributed by atoms with Crippen LogP contribution in [-0.2, 0) is 19.1 Å². The molecule has 2 aliphatic rings. The second-order valence-electron chi connectivity index (χ2n) is 11.8. The highest BCUT2D eigenvalue weighted by Gasteiger charge is 2.64. The molecule has 0 aliphatic carbocycles. The van der Waals surface area contributed by atoms with Crippen LogP contribution in [0.2, 0.25) is 0 Å². The minimum atomic E-state index is -5.47. The fraction of sp³-hybridized carbons (Fsp3) is 0.929. The van der Waals surface area contributed by atoms with Crippen molar-refractivity contribution >= 4 is 22.8 Å². The molecule has 316 valence electrons. The van der Waals surface area contributed by atoms with E-state index < -0.39 is 85.2 Å². The molecular weight excluding hydrogens is 796 g/mol.